The number of hydrogen-bond acceptors (Lipinski definition) is 3. The zero-order valence-electron chi connectivity index (χ0n) is 3.51. The van der Waals surface area contributed by atoms with E-state index in [0.29, 0.717) is 0 Å². The third-order valence-corrected chi connectivity index (χ3v) is 0.558. The smallest absolute Gasteiger partial charge is 0.0189 e. The van der Waals surface area contributed by atoms with E-state index < -0.39 is 0 Å². The van der Waals surface area contributed by atoms with Crippen LogP contribution in [0, 0.1) is 0 Å². The maximum absolute atomic E-state index is 4.60. The second-order valence-electron chi connectivity index (χ2n) is 0.503. The molecule has 2 nitrogen and oxygen atoms in total. The third kappa shape index (κ3) is 8.82. The fourth-order valence-corrected chi connectivity index (χ4v) is 0.204. The predicted octanol–water partition coefficient (Wildman–Crippen LogP) is 0.967. The monoisotopic (exact) mass is 129 g/mol. The van der Waals surface area contributed by atoms with E-state index in [2.05, 4.69) is 10.2 Å². The lowest BCUT2D eigenvalue weighted by Gasteiger charge is -1.81. The Balaban J connectivity index is 0. The summed E-state index contributed by atoms with van der Waals surface area (Å²) in [5.74, 6) is 5.52. The molecule has 2 N–H and O–H groups in total. The molecule has 0 aromatic heterocycles. The Morgan fingerprint density at radius 1 is 1.83 bits per heavy atom. The molecule has 0 aromatic carbocycles. The van der Waals surface area contributed by atoms with Gasteiger partial charge in [-0.25, -0.2) is 10.2 Å². The van der Waals surface area contributed by atoms with E-state index in [9.17, 15) is 0 Å². The second kappa shape index (κ2) is 9.12. The standard InChI is InChI=1S/C2H7NOS.ClH/c1-2-5-4-3;/h2-3H2,1H3;1H. The van der Waals surface area contributed by atoms with Gasteiger partial charge in [0, 0.05) is 17.8 Å². The van der Waals surface area contributed by atoms with E-state index in [1.807, 2.05) is 6.92 Å². The number of halogens is 1. The molecule has 4 heteroatoms. The fourth-order valence-electron chi connectivity index (χ4n) is 0.0680. The minimum absolute atomic E-state index is 0. The van der Waals surface area contributed by atoms with Crippen LogP contribution in [0.15, 0.2) is 0 Å². The van der Waals surface area contributed by atoms with Crippen molar-refractivity contribution < 1.29 is 4.28 Å². The number of rotatable bonds is 2. The maximum Gasteiger partial charge on any atom is 0.0189 e. The minimum Gasteiger partial charge on any atom is -0.234 e. The summed E-state index contributed by atoms with van der Waals surface area (Å²) in [6, 6.07) is 0. The molecule has 0 heterocycles. The largest absolute Gasteiger partial charge is 0.234 e. The summed E-state index contributed by atoms with van der Waals surface area (Å²) in [6.45, 7) is 1.97. The Morgan fingerprint density at radius 2 is 2.33 bits per heavy atom. The quantitative estimate of drug-likeness (QED) is 0.446. The molecule has 0 radical (unpaired) electrons. The van der Waals surface area contributed by atoms with Gasteiger partial charge in [0.05, 0.1) is 0 Å². The molecule has 0 rings (SSSR count). The van der Waals surface area contributed by atoms with Crippen LogP contribution in [0.3, 0.4) is 0 Å². The van der Waals surface area contributed by atoms with Crippen molar-refractivity contribution in [1.29, 1.82) is 0 Å². The summed E-state index contributed by atoms with van der Waals surface area (Å²) in [5, 5.41) is 0. The van der Waals surface area contributed by atoms with E-state index in [1.165, 1.54) is 12.0 Å². The number of nitrogens with two attached hydrogens (primary N) is 1. The molecule has 0 fully saturated rings. The van der Waals surface area contributed by atoms with Crippen LogP contribution in [-0.4, -0.2) is 5.75 Å². The number of hydrogen-bond donors (Lipinski definition) is 1. The molecule has 0 aliphatic heterocycles. The highest BCUT2D eigenvalue weighted by Gasteiger charge is 1.67. The third-order valence-electron chi connectivity index (χ3n) is 0.186. The molecular weight excluding hydrogens is 122 g/mol. The highest BCUT2D eigenvalue weighted by atomic mass is 35.5. The normalized spacial score (nSPS) is 7.00. The molecule has 0 saturated carbocycles. The van der Waals surface area contributed by atoms with Crippen molar-refractivity contribution in [2.75, 3.05) is 5.75 Å². The van der Waals surface area contributed by atoms with Crippen molar-refractivity contribution in [1.82, 2.24) is 0 Å². The molecule has 0 atom stereocenters. The summed E-state index contributed by atoms with van der Waals surface area (Å²) in [7, 11) is 0. The molecule has 0 saturated heterocycles. The molecule has 40 valence electrons. The summed E-state index contributed by atoms with van der Waals surface area (Å²) in [5.41, 5.74) is 0. The van der Waals surface area contributed by atoms with Gasteiger partial charge in [-0.2, -0.15) is 0 Å². The van der Waals surface area contributed by atoms with E-state index in [4.69, 9.17) is 0 Å². The van der Waals surface area contributed by atoms with Gasteiger partial charge in [0.15, 0.2) is 0 Å². The van der Waals surface area contributed by atoms with Gasteiger partial charge < -0.3 is 0 Å². The molecule has 0 unspecified atom stereocenters. The Bertz CT molecular complexity index is 21.0. The predicted molar refractivity (Wildman–Crippen MR) is 30.7 cm³/mol. The first-order valence-electron chi connectivity index (χ1n) is 1.40. The summed E-state index contributed by atoms with van der Waals surface area (Å²) < 4.78 is 4.11. The topological polar surface area (TPSA) is 35.2 Å². The van der Waals surface area contributed by atoms with Crippen LogP contribution in [-0.2, 0) is 4.28 Å². The molecule has 0 aliphatic rings. The summed E-state index contributed by atoms with van der Waals surface area (Å²) in [4.78, 5) is 0. The zero-order valence-corrected chi connectivity index (χ0v) is 5.14. The van der Waals surface area contributed by atoms with Crippen LogP contribution < -0.4 is 5.90 Å². The molecule has 0 aliphatic carbocycles. The van der Waals surface area contributed by atoms with Gasteiger partial charge in [0.25, 0.3) is 0 Å². The zero-order chi connectivity index (χ0) is 4.12. The highest BCUT2D eigenvalue weighted by Crippen LogP contribution is 1.91. The molecule has 6 heavy (non-hydrogen) atoms. The van der Waals surface area contributed by atoms with E-state index >= 15 is 0 Å². The van der Waals surface area contributed by atoms with Crippen molar-refractivity contribution in [3.05, 3.63) is 0 Å². The van der Waals surface area contributed by atoms with Gasteiger partial charge in [0.1, 0.15) is 0 Å². The van der Waals surface area contributed by atoms with Gasteiger partial charge in [-0.3, -0.25) is 0 Å². The van der Waals surface area contributed by atoms with Gasteiger partial charge in [0.2, 0.25) is 0 Å². The Labute approximate surface area is 48.0 Å². The van der Waals surface area contributed by atoms with Gasteiger partial charge in [-0.1, -0.05) is 6.92 Å². The maximum atomic E-state index is 4.60. The van der Waals surface area contributed by atoms with Crippen LogP contribution >= 0.6 is 24.4 Å². The lowest BCUT2D eigenvalue weighted by molar-refractivity contribution is 0.398. The molecule has 0 spiro atoms. The molecule has 0 bridgehead atoms. The first-order chi connectivity index (χ1) is 2.41. The Hall–Kier alpha value is 0.560. The first-order valence-corrected chi connectivity index (χ1v) is 2.31. The molecule has 0 aromatic rings. The van der Waals surface area contributed by atoms with Crippen LogP contribution in [0.2, 0.25) is 0 Å². The van der Waals surface area contributed by atoms with E-state index in [1.54, 1.807) is 0 Å². The van der Waals surface area contributed by atoms with Gasteiger partial charge in [-0.05, 0) is 0 Å². The molecule has 0 amide bonds. The summed E-state index contributed by atoms with van der Waals surface area (Å²) in [6.07, 6.45) is 0. The highest BCUT2D eigenvalue weighted by molar-refractivity contribution is 7.94. The average Bonchev–Trinajstić information content (AvgIpc) is 1.41. The lowest BCUT2D eigenvalue weighted by Crippen LogP contribution is -1.86. The Morgan fingerprint density at radius 3 is 2.33 bits per heavy atom. The van der Waals surface area contributed by atoms with Crippen LogP contribution in [0.25, 0.3) is 0 Å². The Kier molecular flexibility index (Phi) is 14.8. The SMILES string of the molecule is CCSON.Cl. The van der Waals surface area contributed by atoms with Gasteiger partial charge >= 0.3 is 0 Å². The average molecular weight is 130 g/mol. The van der Waals surface area contributed by atoms with Crippen molar-refractivity contribution in [2.45, 2.75) is 6.92 Å². The van der Waals surface area contributed by atoms with Crippen molar-refractivity contribution in [3.8, 4) is 0 Å². The first kappa shape index (κ1) is 9.75. The van der Waals surface area contributed by atoms with Gasteiger partial charge in [-0.15, -0.1) is 12.4 Å². The van der Waals surface area contributed by atoms with Crippen LogP contribution in [0.5, 0.6) is 0 Å². The van der Waals surface area contributed by atoms with Crippen LogP contribution in [0.1, 0.15) is 6.92 Å². The van der Waals surface area contributed by atoms with Crippen molar-refractivity contribution in [3.63, 3.8) is 0 Å². The van der Waals surface area contributed by atoms with E-state index in [-0.39, 0.29) is 12.4 Å². The minimum atomic E-state index is 0. The summed E-state index contributed by atoms with van der Waals surface area (Å²) >= 11 is 1.24. The fraction of sp³-hybridized carbons (Fsp3) is 1.00. The van der Waals surface area contributed by atoms with Crippen LogP contribution in [0.4, 0.5) is 0 Å². The lowest BCUT2D eigenvalue weighted by atomic mass is 11.0. The van der Waals surface area contributed by atoms with E-state index in [0.717, 1.165) is 5.75 Å². The molecular formula is C2H8ClNOS. The second-order valence-corrected chi connectivity index (χ2v) is 1.51. The van der Waals surface area contributed by atoms with Crippen molar-refractivity contribution >= 4 is 24.4 Å². The van der Waals surface area contributed by atoms with Crippen molar-refractivity contribution in [2.24, 2.45) is 5.90 Å².